The van der Waals surface area contributed by atoms with Crippen LogP contribution >= 0.6 is 24.0 Å². The molecule has 0 bridgehead atoms. The summed E-state index contributed by atoms with van der Waals surface area (Å²) in [7, 11) is 0. The molecule has 2 amide bonds. The molecule has 0 saturated carbocycles. The Labute approximate surface area is 188 Å². The quantitative estimate of drug-likeness (QED) is 0.249. The summed E-state index contributed by atoms with van der Waals surface area (Å²) < 4.78 is 0.622. The normalized spacial score (nSPS) is 19.1. The van der Waals surface area contributed by atoms with Crippen molar-refractivity contribution in [2.75, 3.05) is 19.6 Å². The summed E-state index contributed by atoms with van der Waals surface area (Å²) in [5, 5.41) is 8.61. The van der Waals surface area contributed by atoms with E-state index >= 15 is 0 Å². The van der Waals surface area contributed by atoms with Crippen LogP contribution in [-0.4, -0.2) is 56.6 Å². The minimum atomic E-state index is -0.715. The Morgan fingerprint density at radius 2 is 1.63 bits per heavy atom. The van der Waals surface area contributed by atoms with Crippen molar-refractivity contribution in [3.8, 4) is 0 Å². The number of thiocarbonyl (C=S) groups is 1. The monoisotopic (exact) mass is 455 g/mol. The van der Waals surface area contributed by atoms with E-state index in [0.29, 0.717) is 15.8 Å². The summed E-state index contributed by atoms with van der Waals surface area (Å²) in [6, 6.07) is 0. The molecule has 2 saturated heterocycles. The average molecular weight is 456 g/mol. The number of hydrogen-bond acceptors (Lipinski definition) is 6. The van der Waals surface area contributed by atoms with Gasteiger partial charge in [-0.2, -0.15) is 0 Å². The highest BCUT2D eigenvalue weighted by Crippen LogP contribution is 2.32. The van der Waals surface area contributed by atoms with Crippen molar-refractivity contribution in [2.24, 2.45) is 11.7 Å². The molecule has 30 heavy (non-hydrogen) atoms. The number of piperidine rings is 1. The third-order valence-electron chi connectivity index (χ3n) is 5.63. The van der Waals surface area contributed by atoms with Gasteiger partial charge in [0.25, 0.3) is 5.91 Å². The number of primary amides is 1. The Balaban J connectivity index is 1.61. The van der Waals surface area contributed by atoms with Crippen molar-refractivity contribution in [3.63, 3.8) is 0 Å². The minimum absolute atomic E-state index is 0.0135. The number of hydrogen-bond donors (Lipinski definition) is 2. The molecule has 0 unspecified atom stereocenters. The number of thioether (sulfide) groups is 1. The van der Waals surface area contributed by atoms with Gasteiger partial charge in [-0.05, 0) is 25.7 Å². The maximum Gasteiger partial charge on any atom is 0.303 e. The molecule has 2 rings (SSSR count). The van der Waals surface area contributed by atoms with Gasteiger partial charge in [-0.25, -0.2) is 0 Å². The van der Waals surface area contributed by atoms with E-state index in [4.69, 9.17) is 23.1 Å². The molecule has 9 heteroatoms. The van der Waals surface area contributed by atoms with Gasteiger partial charge in [-0.3, -0.25) is 19.3 Å². The van der Waals surface area contributed by atoms with E-state index in [1.807, 2.05) is 6.20 Å². The zero-order chi connectivity index (χ0) is 21.9. The molecule has 0 aliphatic carbocycles. The Bertz CT molecular complexity index is 661. The predicted octanol–water partition coefficient (Wildman–Crippen LogP) is 3.48. The molecule has 2 aliphatic heterocycles. The second-order valence-electron chi connectivity index (χ2n) is 8.00. The fourth-order valence-corrected chi connectivity index (χ4v) is 5.08. The molecule has 2 heterocycles. The van der Waals surface area contributed by atoms with Crippen LogP contribution in [0.3, 0.4) is 0 Å². The van der Waals surface area contributed by atoms with Gasteiger partial charge >= 0.3 is 5.97 Å². The number of carbonyl (C=O) groups excluding carboxylic acids is 2. The number of unbranched alkanes of at least 4 members (excludes halogenated alkanes) is 7. The largest absolute Gasteiger partial charge is 0.481 e. The Morgan fingerprint density at radius 3 is 2.20 bits per heavy atom. The van der Waals surface area contributed by atoms with Gasteiger partial charge in [0.05, 0.1) is 4.91 Å². The number of aliphatic carboxylic acids is 1. The van der Waals surface area contributed by atoms with E-state index in [9.17, 15) is 14.4 Å². The van der Waals surface area contributed by atoms with Crippen LogP contribution in [-0.2, 0) is 14.4 Å². The van der Waals surface area contributed by atoms with Crippen molar-refractivity contribution < 1.29 is 19.5 Å². The zero-order valence-electron chi connectivity index (χ0n) is 17.5. The molecule has 0 aromatic heterocycles. The van der Waals surface area contributed by atoms with Crippen LogP contribution in [0, 0.1) is 5.92 Å². The number of nitrogens with two attached hydrogens (primary N) is 1. The minimum Gasteiger partial charge on any atom is -0.481 e. The van der Waals surface area contributed by atoms with Crippen molar-refractivity contribution >= 4 is 46.1 Å². The van der Waals surface area contributed by atoms with Gasteiger partial charge in [0, 0.05) is 38.2 Å². The van der Waals surface area contributed by atoms with Crippen LogP contribution in [0.4, 0.5) is 0 Å². The van der Waals surface area contributed by atoms with Gasteiger partial charge in [0.15, 0.2) is 0 Å². The van der Waals surface area contributed by atoms with Crippen molar-refractivity contribution in [3.05, 3.63) is 11.1 Å². The number of nitrogens with zero attached hydrogens (tertiary/aromatic N) is 2. The third kappa shape index (κ3) is 8.26. The Hall–Kier alpha value is -1.61. The van der Waals surface area contributed by atoms with E-state index in [-0.39, 0.29) is 24.2 Å². The van der Waals surface area contributed by atoms with E-state index in [1.54, 1.807) is 4.90 Å². The summed E-state index contributed by atoms with van der Waals surface area (Å²) >= 11 is 6.76. The smallest absolute Gasteiger partial charge is 0.303 e. The van der Waals surface area contributed by atoms with Gasteiger partial charge in [0.1, 0.15) is 4.32 Å². The maximum absolute atomic E-state index is 12.7. The molecule has 0 radical (unpaired) electrons. The number of likely N-dealkylation sites (tertiary alicyclic amines) is 1. The standard InChI is InChI=1S/C21H33N3O4S2/c22-19(27)16-10-13-23(14-11-16)15-17-20(28)24(21(29)30-17)12-8-6-4-2-1-3-5-7-9-18(25)26/h15-16H,1-14H2,(H2,22,27)(H,25,26). The third-order valence-corrected chi connectivity index (χ3v) is 6.99. The molecule has 2 fully saturated rings. The van der Waals surface area contributed by atoms with Crippen molar-refractivity contribution in [1.82, 2.24) is 9.80 Å². The van der Waals surface area contributed by atoms with Crippen LogP contribution < -0.4 is 5.73 Å². The summed E-state index contributed by atoms with van der Waals surface area (Å²) in [5.74, 6) is -1.03. The lowest BCUT2D eigenvalue weighted by molar-refractivity contribution is -0.137. The number of amides is 2. The zero-order valence-corrected chi connectivity index (χ0v) is 19.1. The topological polar surface area (TPSA) is 104 Å². The van der Waals surface area contributed by atoms with Crippen molar-refractivity contribution in [1.29, 1.82) is 0 Å². The Kier molecular flexibility index (Phi) is 10.6. The first-order chi connectivity index (χ1) is 14.4. The number of carboxylic acid groups (broad SMARTS) is 1. The molecule has 0 spiro atoms. The van der Waals surface area contributed by atoms with Gasteiger partial charge in [-0.15, -0.1) is 0 Å². The highest BCUT2D eigenvalue weighted by molar-refractivity contribution is 8.26. The van der Waals surface area contributed by atoms with Crippen LogP contribution in [0.2, 0.25) is 0 Å². The second kappa shape index (κ2) is 12.9. The van der Waals surface area contributed by atoms with Crippen LogP contribution in [0.25, 0.3) is 0 Å². The molecule has 0 aromatic rings. The SMILES string of the molecule is NC(=O)C1CCN(C=C2SC(=S)N(CCCCCCCCCCC(=O)O)C2=O)CC1. The number of rotatable bonds is 13. The van der Waals surface area contributed by atoms with Crippen LogP contribution in [0.1, 0.15) is 70.6 Å². The first kappa shape index (κ1) is 24.7. The lowest BCUT2D eigenvalue weighted by atomic mass is 9.97. The van der Waals surface area contributed by atoms with Gasteiger partial charge in [-0.1, -0.05) is 62.5 Å². The summed E-state index contributed by atoms with van der Waals surface area (Å²) in [6.45, 7) is 2.12. The molecule has 2 aliphatic rings. The molecule has 0 atom stereocenters. The van der Waals surface area contributed by atoms with Crippen LogP contribution in [0.15, 0.2) is 11.1 Å². The second-order valence-corrected chi connectivity index (χ2v) is 9.68. The summed E-state index contributed by atoms with van der Waals surface area (Å²) in [6.07, 6.45) is 11.8. The average Bonchev–Trinajstić information content (AvgIpc) is 2.96. The molecular formula is C21H33N3O4S2. The van der Waals surface area contributed by atoms with E-state index in [1.165, 1.54) is 11.8 Å². The fraction of sp³-hybridized carbons (Fsp3) is 0.714. The summed E-state index contributed by atoms with van der Waals surface area (Å²) in [5.41, 5.74) is 5.37. The maximum atomic E-state index is 12.7. The first-order valence-electron chi connectivity index (χ1n) is 10.9. The van der Waals surface area contributed by atoms with Crippen molar-refractivity contribution in [2.45, 2.75) is 70.6 Å². The summed E-state index contributed by atoms with van der Waals surface area (Å²) in [4.78, 5) is 38.9. The van der Waals surface area contributed by atoms with E-state index in [2.05, 4.69) is 4.90 Å². The lowest BCUT2D eigenvalue weighted by Gasteiger charge is -2.29. The van der Waals surface area contributed by atoms with Crippen LogP contribution in [0.5, 0.6) is 0 Å². The molecule has 3 N–H and O–H groups in total. The molecule has 7 nitrogen and oxygen atoms in total. The highest BCUT2D eigenvalue weighted by atomic mass is 32.2. The first-order valence-corrected chi connectivity index (χ1v) is 12.1. The molecule has 168 valence electrons. The lowest BCUT2D eigenvalue weighted by Crippen LogP contribution is -2.36. The van der Waals surface area contributed by atoms with Gasteiger partial charge in [0.2, 0.25) is 5.91 Å². The van der Waals surface area contributed by atoms with E-state index in [0.717, 1.165) is 77.3 Å². The fourth-order valence-electron chi connectivity index (χ4n) is 3.77. The van der Waals surface area contributed by atoms with Gasteiger partial charge < -0.3 is 15.7 Å². The molecule has 0 aromatic carbocycles. The predicted molar refractivity (Wildman–Crippen MR) is 123 cm³/mol. The Morgan fingerprint density at radius 1 is 1.07 bits per heavy atom. The number of carboxylic acids is 1. The highest BCUT2D eigenvalue weighted by Gasteiger charge is 2.32. The van der Waals surface area contributed by atoms with E-state index < -0.39 is 5.97 Å². The number of carbonyl (C=O) groups is 3. The molecular weight excluding hydrogens is 422 g/mol.